The molecule has 0 fully saturated rings. The third-order valence-electron chi connectivity index (χ3n) is 3.04. The van der Waals surface area contributed by atoms with Crippen LogP contribution in [0.4, 0.5) is 5.69 Å². The molecule has 0 aliphatic heterocycles. The maximum Gasteiger partial charge on any atom is 0.323 e. The normalized spacial score (nSPS) is 11.4. The molecule has 20 heavy (non-hydrogen) atoms. The number of hydrogen-bond donors (Lipinski definition) is 2. The number of carbonyl (C=O) groups is 2. The van der Waals surface area contributed by atoms with E-state index < -0.39 is 11.5 Å². The summed E-state index contributed by atoms with van der Waals surface area (Å²) in [5, 5.41) is 11.8. The van der Waals surface area contributed by atoms with Crippen LogP contribution >= 0.6 is 0 Å². The van der Waals surface area contributed by atoms with E-state index in [1.807, 2.05) is 44.2 Å². The van der Waals surface area contributed by atoms with Gasteiger partial charge < -0.3 is 10.0 Å². The average Bonchev–Trinajstić information content (AvgIpc) is 2.37. The number of nitrogens with one attached hydrogen (secondary N) is 1. The Morgan fingerprint density at radius 3 is 2.25 bits per heavy atom. The number of benzene rings is 1. The molecule has 110 valence electrons. The molecule has 0 radical (unpaired) electrons. The lowest BCUT2D eigenvalue weighted by Gasteiger charge is -2.29. The Morgan fingerprint density at radius 2 is 1.80 bits per heavy atom. The summed E-state index contributed by atoms with van der Waals surface area (Å²) in [6, 6.07) is 9.34. The van der Waals surface area contributed by atoms with Crippen molar-refractivity contribution in [2.24, 2.45) is 0 Å². The highest BCUT2D eigenvalue weighted by molar-refractivity contribution is 5.95. The second kappa shape index (κ2) is 6.52. The van der Waals surface area contributed by atoms with Gasteiger partial charge in [-0.1, -0.05) is 18.2 Å². The Labute approximate surface area is 119 Å². The summed E-state index contributed by atoms with van der Waals surface area (Å²) in [7, 11) is 0. The van der Waals surface area contributed by atoms with Crippen LogP contribution in [-0.2, 0) is 9.59 Å². The molecular formula is C15H22N2O3. The minimum absolute atomic E-state index is 0.000333. The summed E-state index contributed by atoms with van der Waals surface area (Å²) in [5.41, 5.74) is -0.322. The van der Waals surface area contributed by atoms with Crippen LogP contribution in [0, 0.1) is 0 Å². The highest BCUT2D eigenvalue weighted by atomic mass is 16.4. The van der Waals surface area contributed by atoms with Crippen LogP contribution in [0.3, 0.4) is 0 Å². The molecule has 0 heterocycles. The van der Waals surface area contributed by atoms with Crippen molar-refractivity contribution in [2.45, 2.75) is 39.3 Å². The van der Waals surface area contributed by atoms with Crippen LogP contribution in [0.5, 0.6) is 0 Å². The monoisotopic (exact) mass is 278 g/mol. The van der Waals surface area contributed by atoms with Crippen LogP contribution in [0.1, 0.15) is 27.7 Å². The van der Waals surface area contributed by atoms with E-state index >= 15 is 0 Å². The van der Waals surface area contributed by atoms with E-state index in [4.69, 9.17) is 5.11 Å². The standard InChI is InChI=1S/C15H22N2O3/c1-11(2)17(12-8-6-5-7-9-12)13(18)10-16-15(3,4)14(19)20/h5-9,11,16H,10H2,1-4H3,(H,19,20). The fraction of sp³-hybridized carbons (Fsp3) is 0.467. The third kappa shape index (κ3) is 4.06. The lowest BCUT2D eigenvalue weighted by atomic mass is 10.1. The Kier molecular flexibility index (Phi) is 5.27. The molecule has 0 atom stereocenters. The number of anilines is 1. The number of hydrogen-bond acceptors (Lipinski definition) is 3. The van der Waals surface area contributed by atoms with E-state index in [0.717, 1.165) is 5.69 Å². The highest BCUT2D eigenvalue weighted by Crippen LogP contribution is 2.16. The maximum atomic E-state index is 12.3. The van der Waals surface area contributed by atoms with Crippen LogP contribution in [0.2, 0.25) is 0 Å². The molecule has 0 aromatic heterocycles. The average molecular weight is 278 g/mol. The first-order chi connectivity index (χ1) is 9.25. The molecule has 5 nitrogen and oxygen atoms in total. The number of rotatable bonds is 6. The van der Waals surface area contributed by atoms with E-state index in [9.17, 15) is 9.59 Å². The summed E-state index contributed by atoms with van der Waals surface area (Å²) in [6.07, 6.45) is 0. The quantitative estimate of drug-likeness (QED) is 0.833. The van der Waals surface area contributed by atoms with Crippen molar-refractivity contribution < 1.29 is 14.7 Å². The van der Waals surface area contributed by atoms with Crippen LogP contribution in [0.15, 0.2) is 30.3 Å². The van der Waals surface area contributed by atoms with Crippen molar-refractivity contribution in [1.29, 1.82) is 0 Å². The molecule has 1 amide bonds. The van der Waals surface area contributed by atoms with E-state index in [1.54, 1.807) is 4.90 Å². The largest absolute Gasteiger partial charge is 0.480 e. The van der Waals surface area contributed by atoms with E-state index in [2.05, 4.69) is 5.32 Å². The molecule has 0 saturated heterocycles. The number of aliphatic carboxylic acids is 1. The van der Waals surface area contributed by atoms with Crippen LogP contribution in [0.25, 0.3) is 0 Å². The van der Waals surface area contributed by atoms with Gasteiger partial charge in [0.15, 0.2) is 0 Å². The summed E-state index contributed by atoms with van der Waals surface area (Å²) in [4.78, 5) is 25.0. The molecule has 0 spiro atoms. The molecule has 0 aliphatic rings. The zero-order valence-corrected chi connectivity index (χ0v) is 12.4. The summed E-state index contributed by atoms with van der Waals surface area (Å²) in [5.74, 6) is -1.14. The smallest absolute Gasteiger partial charge is 0.323 e. The van der Waals surface area contributed by atoms with E-state index in [1.165, 1.54) is 13.8 Å². The zero-order valence-electron chi connectivity index (χ0n) is 12.4. The Balaban J connectivity index is 2.80. The van der Waals surface area contributed by atoms with Gasteiger partial charge in [-0.25, -0.2) is 0 Å². The van der Waals surface area contributed by atoms with Gasteiger partial charge in [0.2, 0.25) is 5.91 Å². The maximum absolute atomic E-state index is 12.3. The first-order valence-electron chi connectivity index (χ1n) is 6.61. The number of nitrogens with zero attached hydrogens (tertiary/aromatic N) is 1. The van der Waals surface area contributed by atoms with Gasteiger partial charge in [-0.3, -0.25) is 14.9 Å². The van der Waals surface area contributed by atoms with E-state index in [0.29, 0.717) is 0 Å². The molecule has 1 aromatic rings. The van der Waals surface area contributed by atoms with Gasteiger partial charge in [-0.2, -0.15) is 0 Å². The molecular weight excluding hydrogens is 256 g/mol. The SMILES string of the molecule is CC(C)N(C(=O)CNC(C)(C)C(=O)O)c1ccccc1. The Morgan fingerprint density at radius 1 is 1.25 bits per heavy atom. The van der Waals surface area contributed by atoms with Crippen molar-refractivity contribution in [3.63, 3.8) is 0 Å². The van der Waals surface area contributed by atoms with Gasteiger partial charge in [0.05, 0.1) is 6.54 Å². The molecule has 1 aromatic carbocycles. The minimum Gasteiger partial charge on any atom is -0.480 e. The summed E-state index contributed by atoms with van der Waals surface area (Å²) in [6.45, 7) is 6.89. The molecule has 0 saturated carbocycles. The zero-order chi connectivity index (χ0) is 15.3. The van der Waals surface area contributed by atoms with E-state index in [-0.39, 0.29) is 18.5 Å². The summed E-state index contributed by atoms with van der Waals surface area (Å²) < 4.78 is 0. The second-order valence-electron chi connectivity index (χ2n) is 5.48. The fourth-order valence-electron chi connectivity index (χ4n) is 1.78. The number of para-hydroxylation sites is 1. The number of carbonyl (C=O) groups excluding carboxylic acids is 1. The first-order valence-corrected chi connectivity index (χ1v) is 6.61. The molecule has 1 rings (SSSR count). The van der Waals surface area contributed by atoms with Crippen molar-refractivity contribution in [3.8, 4) is 0 Å². The molecule has 0 aliphatic carbocycles. The van der Waals surface area contributed by atoms with Gasteiger partial charge in [0, 0.05) is 11.7 Å². The van der Waals surface area contributed by atoms with Crippen molar-refractivity contribution >= 4 is 17.6 Å². The predicted molar refractivity (Wildman–Crippen MR) is 78.8 cm³/mol. The van der Waals surface area contributed by atoms with Gasteiger partial charge in [-0.15, -0.1) is 0 Å². The van der Waals surface area contributed by atoms with Gasteiger partial charge >= 0.3 is 5.97 Å². The fourth-order valence-corrected chi connectivity index (χ4v) is 1.78. The number of amides is 1. The van der Waals surface area contributed by atoms with Crippen molar-refractivity contribution in [3.05, 3.63) is 30.3 Å². The molecule has 2 N–H and O–H groups in total. The van der Waals surface area contributed by atoms with Gasteiger partial charge in [0.1, 0.15) is 5.54 Å². The lowest BCUT2D eigenvalue weighted by Crippen LogP contribution is -2.52. The van der Waals surface area contributed by atoms with Crippen LogP contribution in [-0.4, -0.2) is 35.1 Å². The Hall–Kier alpha value is -1.88. The number of carboxylic acid groups (broad SMARTS) is 1. The first kappa shape index (κ1) is 16.2. The van der Waals surface area contributed by atoms with Crippen LogP contribution < -0.4 is 10.2 Å². The highest BCUT2D eigenvalue weighted by Gasteiger charge is 2.28. The molecule has 5 heteroatoms. The Bertz CT molecular complexity index is 469. The predicted octanol–water partition coefficient (Wildman–Crippen LogP) is 1.88. The number of carboxylic acids is 1. The van der Waals surface area contributed by atoms with Gasteiger partial charge in [0.25, 0.3) is 0 Å². The third-order valence-corrected chi connectivity index (χ3v) is 3.04. The van der Waals surface area contributed by atoms with Crippen molar-refractivity contribution in [1.82, 2.24) is 5.32 Å². The lowest BCUT2D eigenvalue weighted by molar-refractivity contribution is -0.143. The topological polar surface area (TPSA) is 69.6 Å². The summed E-state index contributed by atoms with van der Waals surface area (Å²) >= 11 is 0. The molecule has 0 unspecified atom stereocenters. The van der Waals surface area contributed by atoms with Gasteiger partial charge in [-0.05, 0) is 39.8 Å². The van der Waals surface area contributed by atoms with Crippen molar-refractivity contribution in [2.75, 3.05) is 11.4 Å². The molecule has 0 bridgehead atoms. The second-order valence-corrected chi connectivity index (χ2v) is 5.48. The minimum atomic E-state index is -1.13.